The number of benzene rings is 3. The molecule has 1 aliphatic rings. The topological polar surface area (TPSA) is 117 Å². The van der Waals surface area contributed by atoms with Crippen LogP contribution in [-0.4, -0.2) is 80.0 Å². The molecule has 0 spiro atoms. The highest BCUT2D eigenvalue weighted by Gasteiger charge is 2.41. The predicted octanol–water partition coefficient (Wildman–Crippen LogP) is 3.13. The number of β-amino-alcohol motifs (C(OH)–C–C–N with tert-alkyl or cyclic N) is 1. The molecule has 3 amide bonds. The highest BCUT2D eigenvalue weighted by Crippen LogP contribution is 2.27. The first kappa shape index (κ1) is 29.8. The summed E-state index contributed by atoms with van der Waals surface area (Å²) in [4.78, 5) is 56.5. The number of nitrogens with zero attached hydrogens (tertiary/aromatic N) is 4. The van der Waals surface area contributed by atoms with Crippen molar-refractivity contribution < 1.29 is 24.3 Å². The van der Waals surface area contributed by atoms with Crippen LogP contribution in [0.15, 0.2) is 91.3 Å². The molecule has 0 bridgehead atoms. The summed E-state index contributed by atoms with van der Waals surface area (Å²) in [6.45, 7) is 0.329. The van der Waals surface area contributed by atoms with Crippen LogP contribution in [0.3, 0.4) is 0 Å². The monoisotopic (exact) mass is 605 g/mol. The van der Waals surface area contributed by atoms with E-state index in [-0.39, 0.29) is 31.2 Å². The second kappa shape index (κ2) is 12.4. The minimum absolute atomic E-state index is 0.000509. The SMILES string of the molecule is CN(Cc1ccccc1)C(=O)[C@H](Cc1cn(C=O)c2ccccc12)NC(=O)[C@@H]1C[C@@H](O)CN1C(=O)c1cn(C)c2ccccc12. The van der Waals surface area contributed by atoms with Crippen LogP contribution in [0.1, 0.15) is 27.9 Å². The number of aromatic nitrogens is 2. The molecule has 5 aromatic rings. The molecule has 3 atom stereocenters. The summed E-state index contributed by atoms with van der Waals surface area (Å²) in [7, 11) is 3.53. The van der Waals surface area contributed by atoms with Crippen molar-refractivity contribution >= 4 is 45.9 Å². The fraction of sp³-hybridized carbons (Fsp3) is 0.257. The number of carbonyl (C=O) groups excluding carboxylic acids is 4. The van der Waals surface area contributed by atoms with Crippen molar-refractivity contribution in [3.05, 3.63) is 108 Å². The molecule has 230 valence electrons. The molecule has 10 heteroatoms. The van der Waals surface area contributed by atoms with E-state index in [4.69, 9.17) is 0 Å². The number of likely N-dealkylation sites (tertiary alicyclic amines) is 1. The molecule has 6 rings (SSSR count). The van der Waals surface area contributed by atoms with Crippen LogP contribution in [0.5, 0.6) is 0 Å². The van der Waals surface area contributed by atoms with E-state index in [9.17, 15) is 24.3 Å². The maximum Gasteiger partial charge on any atom is 0.256 e. The van der Waals surface area contributed by atoms with Crippen LogP contribution in [0.2, 0.25) is 0 Å². The van der Waals surface area contributed by atoms with Gasteiger partial charge in [0.15, 0.2) is 0 Å². The average molecular weight is 606 g/mol. The van der Waals surface area contributed by atoms with Crippen LogP contribution in [0.4, 0.5) is 0 Å². The van der Waals surface area contributed by atoms with Crippen molar-refractivity contribution in [2.75, 3.05) is 13.6 Å². The van der Waals surface area contributed by atoms with E-state index in [1.54, 1.807) is 24.3 Å². The van der Waals surface area contributed by atoms with Gasteiger partial charge < -0.3 is 24.8 Å². The lowest BCUT2D eigenvalue weighted by Crippen LogP contribution is -2.54. The third-order valence-corrected chi connectivity index (χ3v) is 8.58. The number of hydrogen-bond donors (Lipinski definition) is 2. The van der Waals surface area contributed by atoms with Crippen molar-refractivity contribution in [3.8, 4) is 0 Å². The first-order valence-corrected chi connectivity index (χ1v) is 14.9. The van der Waals surface area contributed by atoms with E-state index in [2.05, 4.69) is 5.32 Å². The van der Waals surface area contributed by atoms with Gasteiger partial charge in [-0.25, -0.2) is 0 Å². The number of aryl methyl sites for hydroxylation is 1. The second-order valence-electron chi connectivity index (χ2n) is 11.7. The molecule has 1 aliphatic heterocycles. The van der Waals surface area contributed by atoms with E-state index in [1.165, 1.54) is 9.47 Å². The van der Waals surface area contributed by atoms with Gasteiger partial charge in [0.2, 0.25) is 18.2 Å². The molecule has 2 N–H and O–H groups in total. The van der Waals surface area contributed by atoms with Gasteiger partial charge in [-0.15, -0.1) is 0 Å². The first-order valence-electron chi connectivity index (χ1n) is 14.9. The molecule has 0 radical (unpaired) electrons. The summed E-state index contributed by atoms with van der Waals surface area (Å²) >= 11 is 0. The summed E-state index contributed by atoms with van der Waals surface area (Å²) in [5, 5.41) is 15.1. The molecule has 1 saturated heterocycles. The minimum Gasteiger partial charge on any atom is -0.391 e. The maximum absolute atomic E-state index is 14.0. The fourth-order valence-electron chi connectivity index (χ4n) is 6.37. The zero-order chi connectivity index (χ0) is 31.7. The molecule has 1 fully saturated rings. The molecule has 0 aliphatic carbocycles. The quantitative estimate of drug-likeness (QED) is 0.251. The van der Waals surface area contributed by atoms with Crippen molar-refractivity contribution in [1.82, 2.24) is 24.3 Å². The Morgan fingerprint density at radius 1 is 0.956 bits per heavy atom. The highest BCUT2D eigenvalue weighted by atomic mass is 16.3. The van der Waals surface area contributed by atoms with E-state index in [1.807, 2.05) is 90.5 Å². The van der Waals surface area contributed by atoms with Crippen LogP contribution < -0.4 is 5.32 Å². The number of carbonyl (C=O) groups is 4. The Morgan fingerprint density at radius 3 is 2.36 bits per heavy atom. The summed E-state index contributed by atoms with van der Waals surface area (Å²) in [5.74, 6) is -1.20. The maximum atomic E-state index is 14.0. The van der Waals surface area contributed by atoms with Gasteiger partial charge in [-0.3, -0.25) is 23.7 Å². The number of amides is 3. The van der Waals surface area contributed by atoms with Crippen molar-refractivity contribution in [2.45, 2.75) is 37.6 Å². The predicted molar refractivity (Wildman–Crippen MR) is 171 cm³/mol. The Labute approximate surface area is 260 Å². The van der Waals surface area contributed by atoms with E-state index >= 15 is 0 Å². The average Bonchev–Trinajstić information content (AvgIpc) is 3.73. The Kier molecular flexibility index (Phi) is 8.23. The Morgan fingerprint density at radius 2 is 1.62 bits per heavy atom. The van der Waals surface area contributed by atoms with Gasteiger partial charge in [0, 0.05) is 68.7 Å². The van der Waals surface area contributed by atoms with Gasteiger partial charge in [-0.1, -0.05) is 66.7 Å². The Bertz CT molecular complexity index is 1890. The molecular weight excluding hydrogens is 570 g/mol. The van der Waals surface area contributed by atoms with Crippen LogP contribution in [0.25, 0.3) is 21.8 Å². The van der Waals surface area contributed by atoms with Crippen LogP contribution >= 0.6 is 0 Å². The van der Waals surface area contributed by atoms with Crippen LogP contribution in [0, 0.1) is 0 Å². The minimum atomic E-state index is -0.996. The summed E-state index contributed by atoms with van der Waals surface area (Å²) in [6.07, 6.45) is 3.40. The van der Waals surface area contributed by atoms with Gasteiger partial charge in [0.25, 0.3) is 5.91 Å². The van der Waals surface area contributed by atoms with Gasteiger partial charge in [0.05, 0.1) is 17.2 Å². The number of nitrogens with one attached hydrogen (secondary N) is 1. The fourth-order valence-corrected chi connectivity index (χ4v) is 6.37. The van der Waals surface area contributed by atoms with Crippen molar-refractivity contribution in [3.63, 3.8) is 0 Å². The van der Waals surface area contributed by atoms with Gasteiger partial charge in [0.1, 0.15) is 12.1 Å². The largest absolute Gasteiger partial charge is 0.391 e. The zero-order valence-electron chi connectivity index (χ0n) is 25.2. The van der Waals surface area contributed by atoms with Crippen molar-refractivity contribution in [1.29, 1.82) is 0 Å². The van der Waals surface area contributed by atoms with Gasteiger partial charge in [-0.05, 0) is 23.3 Å². The first-order chi connectivity index (χ1) is 21.7. The summed E-state index contributed by atoms with van der Waals surface area (Å²) in [6, 6.07) is 22.5. The summed E-state index contributed by atoms with van der Waals surface area (Å²) < 4.78 is 3.32. The molecule has 0 saturated carbocycles. The smallest absolute Gasteiger partial charge is 0.256 e. The molecule has 3 aromatic carbocycles. The van der Waals surface area contributed by atoms with E-state index in [0.29, 0.717) is 24.0 Å². The number of aliphatic hydroxyl groups excluding tert-OH is 1. The summed E-state index contributed by atoms with van der Waals surface area (Å²) in [5.41, 5.74) is 3.67. The molecule has 2 aromatic heterocycles. The highest BCUT2D eigenvalue weighted by molar-refractivity contribution is 6.08. The second-order valence-corrected chi connectivity index (χ2v) is 11.7. The molecular formula is C35H35N5O5. The molecule has 10 nitrogen and oxygen atoms in total. The standard InChI is InChI=1S/C35H35N5O5/c1-37-21-28(27-13-7-8-14-30(27)37)34(44)40-20-25(42)17-32(40)33(43)36-29(35(45)38(2)18-23-10-4-3-5-11-23)16-24-19-39(22-41)31-15-9-6-12-26(24)31/h3-15,19,21-22,25,29,32,42H,16-18,20H2,1-2H3,(H,36,43)/t25-,29+,32+/m1/s1. The normalized spacial score (nSPS) is 17.0. The van der Waals surface area contributed by atoms with Crippen LogP contribution in [-0.2, 0) is 34.4 Å². The van der Waals surface area contributed by atoms with Gasteiger partial charge in [-0.2, -0.15) is 0 Å². The number of para-hydroxylation sites is 2. The van der Waals surface area contributed by atoms with E-state index in [0.717, 1.165) is 27.4 Å². The third kappa shape index (κ3) is 5.84. The number of rotatable bonds is 9. The number of likely N-dealkylation sites (N-methyl/N-ethyl adjacent to an activating group) is 1. The lowest BCUT2D eigenvalue weighted by Gasteiger charge is -2.28. The van der Waals surface area contributed by atoms with Crippen molar-refractivity contribution in [2.24, 2.45) is 7.05 Å². The third-order valence-electron chi connectivity index (χ3n) is 8.58. The lowest BCUT2D eigenvalue weighted by atomic mass is 10.0. The number of hydrogen-bond acceptors (Lipinski definition) is 5. The lowest BCUT2D eigenvalue weighted by molar-refractivity contribution is -0.136. The van der Waals surface area contributed by atoms with Gasteiger partial charge >= 0.3 is 0 Å². The molecule has 45 heavy (non-hydrogen) atoms. The molecule has 3 heterocycles. The zero-order valence-corrected chi connectivity index (χ0v) is 25.2. The Balaban J connectivity index is 1.29. The number of aliphatic hydroxyl groups is 1. The number of fused-ring (bicyclic) bond motifs is 2. The van der Waals surface area contributed by atoms with E-state index < -0.39 is 24.1 Å². The molecule has 0 unspecified atom stereocenters. The Hall–Kier alpha value is -5.22.